The molecule has 0 saturated heterocycles. The molecule has 0 bridgehead atoms. The Morgan fingerprint density at radius 1 is 1.26 bits per heavy atom. The Bertz CT molecular complexity index is 503. The summed E-state index contributed by atoms with van der Waals surface area (Å²) in [4.78, 5) is 23.9. The lowest BCUT2D eigenvalue weighted by atomic mass is 10.2. The highest BCUT2D eigenvalue weighted by Gasteiger charge is 2.28. The molecule has 102 valence electrons. The number of hydrogen-bond donors (Lipinski definition) is 3. The third kappa shape index (κ3) is 4.24. The number of amides is 2. The summed E-state index contributed by atoms with van der Waals surface area (Å²) in [5, 5.41) is 5.55. The number of thiol groups is 1. The van der Waals surface area contributed by atoms with E-state index < -0.39 is 0 Å². The Balaban J connectivity index is 1.75. The molecule has 2 amide bonds. The molecule has 1 aliphatic rings. The molecule has 1 aliphatic carbocycles. The second kappa shape index (κ2) is 6.43. The van der Waals surface area contributed by atoms with Crippen LogP contribution in [0.3, 0.4) is 0 Å². The maximum absolute atomic E-state index is 11.9. The topological polar surface area (TPSA) is 58.2 Å². The van der Waals surface area contributed by atoms with Gasteiger partial charge in [-0.1, -0.05) is 15.9 Å². The molecule has 6 heteroatoms. The molecule has 0 spiro atoms. The third-order valence-corrected chi connectivity index (χ3v) is 3.73. The van der Waals surface area contributed by atoms with Crippen molar-refractivity contribution >= 4 is 40.4 Å². The highest BCUT2D eigenvalue weighted by molar-refractivity contribution is 9.10. The minimum absolute atomic E-state index is 0.0905. The van der Waals surface area contributed by atoms with Gasteiger partial charge in [0.2, 0.25) is 5.91 Å². The van der Waals surface area contributed by atoms with Crippen LogP contribution in [0.4, 0.5) is 0 Å². The Labute approximate surface area is 125 Å². The van der Waals surface area contributed by atoms with Gasteiger partial charge in [0.15, 0.2) is 0 Å². The molecule has 1 aromatic rings. The van der Waals surface area contributed by atoms with Gasteiger partial charge in [0.05, 0.1) is 5.56 Å². The normalized spacial score (nSPS) is 14.0. The monoisotopic (exact) mass is 342 g/mol. The molecule has 4 nitrogen and oxygen atoms in total. The summed E-state index contributed by atoms with van der Waals surface area (Å²) < 4.78 is 0.880. The third-order valence-electron chi connectivity index (χ3n) is 2.86. The van der Waals surface area contributed by atoms with E-state index in [1.54, 1.807) is 18.2 Å². The summed E-state index contributed by atoms with van der Waals surface area (Å²) in [5.74, 6) is 0.108. The van der Waals surface area contributed by atoms with Gasteiger partial charge < -0.3 is 10.6 Å². The van der Waals surface area contributed by atoms with Crippen LogP contribution in [0.25, 0.3) is 0 Å². The van der Waals surface area contributed by atoms with E-state index in [4.69, 9.17) is 0 Å². The standard InChI is InChI=1S/C13H15BrN2O2S/c14-9-3-4-10(11(19)7-9)13(18)16-6-5-15-12(17)8-1-2-8/h3-4,7-8,19H,1-2,5-6H2,(H,15,17)(H,16,18). The average Bonchev–Trinajstić information content (AvgIpc) is 3.18. The number of halogens is 1. The second-order valence-electron chi connectivity index (χ2n) is 4.48. The van der Waals surface area contributed by atoms with Crippen molar-refractivity contribution in [3.8, 4) is 0 Å². The summed E-state index contributed by atoms with van der Waals surface area (Å²) in [5.41, 5.74) is 0.528. The van der Waals surface area contributed by atoms with Gasteiger partial charge >= 0.3 is 0 Å². The van der Waals surface area contributed by atoms with Crippen LogP contribution in [0, 0.1) is 5.92 Å². The maximum Gasteiger partial charge on any atom is 0.252 e. The van der Waals surface area contributed by atoms with Crippen LogP contribution in [0.5, 0.6) is 0 Å². The van der Waals surface area contributed by atoms with Gasteiger partial charge in [-0.05, 0) is 31.0 Å². The first-order valence-corrected chi connectivity index (χ1v) is 7.36. The zero-order valence-corrected chi connectivity index (χ0v) is 12.8. The first-order valence-electron chi connectivity index (χ1n) is 6.12. The average molecular weight is 343 g/mol. The Kier molecular flexibility index (Phi) is 4.87. The van der Waals surface area contributed by atoms with Crippen LogP contribution in [0.15, 0.2) is 27.6 Å². The molecule has 1 saturated carbocycles. The molecule has 0 aliphatic heterocycles. The van der Waals surface area contributed by atoms with Crippen molar-refractivity contribution in [2.24, 2.45) is 5.92 Å². The lowest BCUT2D eigenvalue weighted by Crippen LogP contribution is -2.35. The van der Waals surface area contributed by atoms with Crippen molar-refractivity contribution in [3.63, 3.8) is 0 Å². The molecule has 2 rings (SSSR count). The molecule has 2 N–H and O–H groups in total. The summed E-state index contributed by atoms with van der Waals surface area (Å²) in [6.45, 7) is 0.875. The highest BCUT2D eigenvalue weighted by Crippen LogP contribution is 2.28. The van der Waals surface area contributed by atoms with Crippen molar-refractivity contribution < 1.29 is 9.59 Å². The summed E-state index contributed by atoms with van der Waals surface area (Å²) in [6, 6.07) is 5.28. The predicted octanol–water partition coefficient (Wildman–Crippen LogP) is 1.99. The minimum Gasteiger partial charge on any atom is -0.354 e. The van der Waals surface area contributed by atoms with Crippen LogP contribution in [-0.2, 0) is 4.79 Å². The number of rotatable bonds is 5. The summed E-state index contributed by atoms with van der Waals surface area (Å²) in [6.07, 6.45) is 1.97. The van der Waals surface area contributed by atoms with Gasteiger partial charge in [0.1, 0.15) is 0 Å². The van der Waals surface area contributed by atoms with Crippen molar-refractivity contribution in [1.82, 2.24) is 10.6 Å². The molecular weight excluding hydrogens is 328 g/mol. The number of nitrogens with one attached hydrogen (secondary N) is 2. The molecule has 0 radical (unpaired) electrons. The van der Waals surface area contributed by atoms with E-state index in [9.17, 15) is 9.59 Å². The van der Waals surface area contributed by atoms with Crippen molar-refractivity contribution in [3.05, 3.63) is 28.2 Å². The smallest absolute Gasteiger partial charge is 0.252 e. The predicted molar refractivity (Wildman–Crippen MR) is 79.5 cm³/mol. The molecule has 0 heterocycles. The molecule has 19 heavy (non-hydrogen) atoms. The van der Waals surface area contributed by atoms with Crippen molar-refractivity contribution in [1.29, 1.82) is 0 Å². The highest BCUT2D eigenvalue weighted by atomic mass is 79.9. The van der Waals surface area contributed by atoms with E-state index in [-0.39, 0.29) is 17.7 Å². The largest absolute Gasteiger partial charge is 0.354 e. The van der Waals surface area contributed by atoms with Gasteiger partial charge in [-0.25, -0.2) is 0 Å². The van der Waals surface area contributed by atoms with E-state index in [0.717, 1.165) is 17.3 Å². The zero-order valence-electron chi connectivity index (χ0n) is 10.3. The fourth-order valence-corrected chi connectivity index (χ4v) is 2.50. The molecule has 0 atom stereocenters. The Morgan fingerprint density at radius 2 is 1.95 bits per heavy atom. The molecular formula is C13H15BrN2O2S. The van der Waals surface area contributed by atoms with Gasteiger partial charge in [0, 0.05) is 28.4 Å². The van der Waals surface area contributed by atoms with Gasteiger partial charge in [-0.2, -0.15) is 0 Å². The fraction of sp³-hybridized carbons (Fsp3) is 0.385. The van der Waals surface area contributed by atoms with Crippen molar-refractivity contribution in [2.75, 3.05) is 13.1 Å². The first kappa shape index (κ1) is 14.4. The van der Waals surface area contributed by atoms with E-state index in [0.29, 0.717) is 23.5 Å². The number of carbonyl (C=O) groups is 2. The lowest BCUT2D eigenvalue weighted by molar-refractivity contribution is -0.122. The van der Waals surface area contributed by atoms with Gasteiger partial charge in [-0.3, -0.25) is 9.59 Å². The summed E-state index contributed by atoms with van der Waals surface area (Å²) in [7, 11) is 0. The van der Waals surface area contributed by atoms with Gasteiger partial charge in [0.25, 0.3) is 5.91 Å². The van der Waals surface area contributed by atoms with E-state index >= 15 is 0 Å². The zero-order chi connectivity index (χ0) is 13.8. The van der Waals surface area contributed by atoms with Crippen molar-refractivity contribution in [2.45, 2.75) is 17.7 Å². The van der Waals surface area contributed by atoms with Crippen LogP contribution < -0.4 is 10.6 Å². The Morgan fingerprint density at radius 3 is 2.58 bits per heavy atom. The summed E-state index contributed by atoms with van der Waals surface area (Å²) >= 11 is 7.58. The molecule has 0 aromatic heterocycles. The number of carbonyl (C=O) groups excluding carboxylic acids is 2. The van der Waals surface area contributed by atoms with E-state index in [2.05, 4.69) is 39.2 Å². The number of benzene rings is 1. The van der Waals surface area contributed by atoms with Gasteiger partial charge in [-0.15, -0.1) is 12.6 Å². The van der Waals surface area contributed by atoms with Crippen LogP contribution in [0.2, 0.25) is 0 Å². The number of hydrogen-bond acceptors (Lipinski definition) is 3. The van der Waals surface area contributed by atoms with E-state index in [1.807, 2.05) is 0 Å². The quantitative estimate of drug-likeness (QED) is 0.566. The van der Waals surface area contributed by atoms with Crippen LogP contribution in [0.1, 0.15) is 23.2 Å². The van der Waals surface area contributed by atoms with E-state index in [1.165, 1.54) is 0 Å². The fourth-order valence-electron chi connectivity index (χ4n) is 1.64. The maximum atomic E-state index is 11.9. The molecule has 1 fully saturated rings. The molecule has 0 unspecified atom stereocenters. The first-order chi connectivity index (χ1) is 9.08. The Hall–Kier alpha value is -1.01. The second-order valence-corrected chi connectivity index (χ2v) is 5.88. The minimum atomic E-state index is -0.182. The van der Waals surface area contributed by atoms with Crippen LogP contribution >= 0.6 is 28.6 Å². The van der Waals surface area contributed by atoms with Crippen LogP contribution in [-0.4, -0.2) is 24.9 Å². The SMILES string of the molecule is O=C(NCCNC(=O)C1CC1)c1ccc(Br)cc1S. The lowest BCUT2D eigenvalue weighted by Gasteiger charge is -2.08. The molecule has 1 aromatic carbocycles.